The lowest BCUT2D eigenvalue weighted by Crippen LogP contribution is -2.08. The minimum absolute atomic E-state index is 0.407. The topological polar surface area (TPSA) is 91.7 Å². The number of carboxylic acids is 2. The quantitative estimate of drug-likeness (QED) is 0.585. The first kappa shape index (κ1) is 10.3. The molecule has 0 aliphatic heterocycles. The molecule has 0 aliphatic rings. The third-order valence-electron chi connectivity index (χ3n) is 0.994. The van der Waals surface area contributed by atoms with Crippen LogP contribution in [0.25, 0.3) is 0 Å². The van der Waals surface area contributed by atoms with Gasteiger partial charge in [0.2, 0.25) is 0 Å². The minimum Gasteiger partial charge on any atom is -0.481 e. The Morgan fingerprint density at radius 1 is 1.25 bits per heavy atom. The van der Waals surface area contributed by atoms with E-state index in [1.807, 2.05) is 0 Å². The maximum atomic E-state index is 10.4. The number of carbonyl (C=O) groups is 3. The Balaban J connectivity index is 4.55. The van der Waals surface area contributed by atoms with Gasteiger partial charge in [-0.15, -0.1) is 0 Å². The Morgan fingerprint density at radius 3 is 2.00 bits per heavy atom. The Morgan fingerprint density at radius 2 is 1.75 bits per heavy atom. The molecule has 0 spiro atoms. The van der Waals surface area contributed by atoms with E-state index in [1.54, 1.807) is 0 Å². The number of allylic oxidation sites excluding steroid dienone is 1. The second kappa shape index (κ2) is 4.27. The summed E-state index contributed by atoms with van der Waals surface area (Å²) in [6.07, 6.45) is 0.158. The summed E-state index contributed by atoms with van der Waals surface area (Å²) in [5.74, 6) is -3.13. The van der Waals surface area contributed by atoms with Gasteiger partial charge in [0.15, 0.2) is 5.78 Å². The smallest absolute Gasteiger partial charge is 0.332 e. The van der Waals surface area contributed by atoms with Crippen molar-refractivity contribution in [1.82, 2.24) is 0 Å². The van der Waals surface area contributed by atoms with Crippen molar-refractivity contribution >= 4 is 17.7 Å². The van der Waals surface area contributed by atoms with Gasteiger partial charge in [0.1, 0.15) is 0 Å². The molecule has 0 heterocycles. The molecule has 0 unspecified atom stereocenters. The molecule has 0 aromatic heterocycles. The summed E-state index contributed by atoms with van der Waals surface area (Å²) in [5, 5.41) is 16.6. The van der Waals surface area contributed by atoms with Crippen molar-refractivity contribution in [2.45, 2.75) is 13.3 Å². The lowest BCUT2D eigenvalue weighted by Gasteiger charge is -1.95. The van der Waals surface area contributed by atoms with Crippen molar-refractivity contribution in [3.05, 3.63) is 11.6 Å². The predicted octanol–water partition coefficient (Wildman–Crippen LogP) is 0.0611. The highest BCUT2D eigenvalue weighted by molar-refractivity contribution is 6.00. The van der Waals surface area contributed by atoms with Crippen LogP contribution in [0.3, 0.4) is 0 Å². The van der Waals surface area contributed by atoms with Crippen LogP contribution in [0.5, 0.6) is 0 Å². The summed E-state index contributed by atoms with van der Waals surface area (Å²) in [7, 11) is 0. The minimum atomic E-state index is -1.38. The average Bonchev–Trinajstić information content (AvgIpc) is 1.83. The van der Waals surface area contributed by atoms with E-state index in [-0.39, 0.29) is 0 Å². The summed E-state index contributed by atoms with van der Waals surface area (Å²) in [6.45, 7) is 1.16. The van der Waals surface area contributed by atoms with Gasteiger partial charge in [-0.3, -0.25) is 9.59 Å². The molecule has 0 rings (SSSR count). The van der Waals surface area contributed by atoms with Crippen LogP contribution >= 0.6 is 0 Å². The first-order valence-corrected chi connectivity index (χ1v) is 3.09. The number of ketones is 1. The number of aliphatic carboxylic acids is 2. The number of carboxylic acid groups (broad SMARTS) is 2. The second-order valence-corrected chi connectivity index (χ2v) is 2.16. The van der Waals surface area contributed by atoms with Crippen LogP contribution in [0.15, 0.2) is 11.6 Å². The van der Waals surface area contributed by atoms with Crippen molar-refractivity contribution in [3.8, 4) is 0 Å². The molecule has 0 saturated carbocycles. The maximum Gasteiger partial charge on any atom is 0.332 e. The Bertz CT molecular complexity index is 251. The van der Waals surface area contributed by atoms with Gasteiger partial charge in [0, 0.05) is 0 Å². The van der Waals surface area contributed by atoms with Gasteiger partial charge in [-0.05, 0) is 13.0 Å². The van der Waals surface area contributed by atoms with E-state index in [9.17, 15) is 14.4 Å². The lowest BCUT2D eigenvalue weighted by atomic mass is 10.1. The first-order chi connectivity index (χ1) is 5.43. The molecule has 0 amide bonds. The van der Waals surface area contributed by atoms with Crippen molar-refractivity contribution in [2.75, 3.05) is 0 Å². The fourth-order valence-electron chi connectivity index (χ4n) is 0.597. The molecular formula is C7H8O5. The number of carbonyl (C=O) groups excluding carboxylic acids is 1. The van der Waals surface area contributed by atoms with Crippen molar-refractivity contribution in [3.63, 3.8) is 0 Å². The zero-order chi connectivity index (χ0) is 9.72. The second-order valence-electron chi connectivity index (χ2n) is 2.16. The van der Waals surface area contributed by atoms with Gasteiger partial charge in [0.05, 0.1) is 12.0 Å². The van der Waals surface area contributed by atoms with Gasteiger partial charge in [0.25, 0.3) is 0 Å². The Hall–Kier alpha value is -1.65. The molecule has 2 N–H and O–H groups in total. The molecule has 0 aliphatic carbocycles. The molecule has 0 bridgehead atoms. The first-order valence-electron chi connectivity index (χ1n) is 3.09. The standard InChI is InChI=1S/C7H8O5/c1-4(8)2-5(7(11)12)3-6(9)10/h2H,3H2,1H3,(H,9,10)(H,11,12)/b5-2-. The summed E-state index contributed by atoms with van der Waals surface area (Å²) in [6, 6.07) is 0. The molecular weight excluding hydrogens is 164 g/mol. The van der Waals surface area contributed by atoms with E-state index in [0.29, 0.717) is 0 Å². The van der Waals surface area contributed by atoms with Gasteiger partial charge in [-0.2, -0.15) is 0 Å². The zero-order valence-corrected chi connectivity index (χ0v) is 6.40. The van der Waals surface area contributed by atoms with Crippen LogP contribution in [-0.2, 0) is 14.4 Å². The van der Waals surface area contributed by atoms with Crippen LogP contribution in [-0.4, -0.2) is 27.9 Å². The molecule has 0 aromatic rings. The summed E-state index contributed by atoms with van der Waals surface area (Å²) in [4.78, 5) is 30.8. The number of hydrogen-bond donors (Lipinski definition) is 2. The third kappa shape index (κ3) is 4.21. The molecule has 5 heteroatoms. The van der Waals surface area contributed by atoms with Crippen LogP contribution in [0.4, 0.5) is 0 Å². The fourth-order valence-corrected chi connectivity index (χ4v) is 0.597. The average molecular weight is 172 g/mol. The highest BCUT2D eigenvalue weighted by Crippen LogP contribution is 2.01. The molecule has 0 radical (unpaired) electrons. The lowest BCUT2D eigenvalue weighted by molar-refractivity contribution is -0.139. The predicted molar refractivity (Wildman–Crippen MR) is 38.7 cm³/mol. The molecule has 0 saturated heterocycles. The largest absolute Gasteiger partial charge is 0.481 e. The molecule has 0 aromatic carbocycles. The molecule has 0 fully saturated rings. The normalized spacial score (nSPS) is 10.9. The molecule has 0 atom stereocenters. The van der Waals surface area contributed by atoms with Gasteiger partial charge < -0.3 is 10.2 Å². The van der Waals surface area contributed by atoms with E-state index < -0.39 is 29.7 Å². The zero-order valence-electron chi connectivity index (χ0n) is 6.40. The highest BCUT2D eigenvalue weighted by Gasteiger charge is 2.11. The fraction of sp³-hybridized carbons (Fsp3) is 0.286. The van der Waals surface area contributed by atoms with E-state index >= 15 is 0 Å². The van der Waals surface area contributed by atoms with Crippen molar-refractivity contribution in [2.24, 2.45) is 0 Å². The van der Waals surface area contributed by atoms with Gasteiger partial charge in [-0.25, -0.2) is 4.79 Å². The SMILES string of the molecule is CC(=O)/C=C(/CC(=O)O)C(=O)O. The Kier molecular flexibility index (Phi) is 3.69. The number of rotatable bonds is 4. The monoisotopic (exact) mass is 172 g/mol. The van der Waals surface area contributed by atoms with Gasteiger partial charge in [-0.1, -0.05) is 0 Å². The molecule has 12 heavy (non-hydrogen) atoms. The van der Waals surface area contributed by atoms with Gasteiger partial charge >= 0.3 is 11.9 Å². The van der Waals surface area contributed by atoms with Crippen LogP contribution in [0, 0.1) is 0 Å². The Labute approximate surface area is 68.3 Å². The summed E-state index contributed by atoms with van der Waals surface area (Å²) in [5.41, 5.74) is -0.407. The van der Waals surface area contributed by atoms with Crippen LogP contribution in [0.1, 0.15) is 13.3 Å². The van der Waals surface area contributed by atoms with E-state index in [4.69, 9.17) is 10.2 Å². The van der Waals surface area contributed by atoms with E-state index in [1.165, 1.54) is 0 Å². The summed E-state index contributed by atoms with van der Waals surface area (Å²) >= 11 is 0. The molecule has 66 valence electrons. The summed E-state index contributed by atoms with van der Waals surface area (Å²) < 4.78 is 0. The molecule has 5 nitrogen and oxygen atoms in total. The third-order valence-corrected chi connectivity index (χ3v) is 0.994. The highest BCUT2D eigenvalue weighted by atomic mass is 16.4. The van der Waals surface area contributed by atoms with Crippen LogP contribution < -0.4 is 0 Å². The number of hydrogen-bond acceptors (Lipinski definition) is 3. The van der Waals surface area contributed by atoms with Crippen LogP contribution in [0.2, 0.25) is 0 Å². The van der Waals surface area contributed by atoms with E-state index in [0.717, 1.165) is 13.0 Å². The maximum absolute atomic E-state index is 10.4. The van der Waals surface area contributed by atoms with Crippen molar-refractivity contribution in [1.29, 1.82) is 0 Å². The van der Waals surface area contributed by atoms with E-state index in [2.05, 4.69) is 0 Å². The van der Waals surface area contributed by atoms with Crippen molar-refractivity contribution < 1.29 is 24.6 Å².